The van der Waals surface area contributed by atoms with Gasteiger partial charge in [0.1, 0.15) is 11.6 Å². The third-order valence-corrected chi connectivity index (χ3v) is 4.49. The van der Waals surface area contributed by atoms with Crippen molar-refractivity contribution in [1.82, 2.24) is 15.2 Å². The van der Waals surface area contributed by atoms with Crippen molar-refractivity contribution in [1.29, 1.82) is 0 Å². The fourth-order valence-corrected chi connectivity index (χ4v) is 3.06. The highest BCUT2D eigenvalue weighted by Crippen LogP contribution is 2.18. The van der Waals surface area contributed by atoms with Crippen molar-refractivity contribution in [3.05, 3.63) is 47.5 Å². The first kappa shape index (κ1) is 18.4. The fraction of sp³-hybridized carbons (Fsp3) is 0.389. The lowest BCUT2D eigenvalue weighted by Crippen LogP contribution is -2.45. The second kappa shape index (κ2) is 8.82. The van der Waals surface area contributed by atoms with E-state index in [0.717, 1.165) is 19.4 Å². The van der Waals surface area contributed by atoms with Crippen LogP contribution >= 0.6 is 11.6 Å². The van der Waals surface area contributed by atoms with Crippen LogP contribution in [0.2, 0.25) is 5.02 Å². The number of nitrogens with zero attached hydrogens (tertiary/aromatic N) is 2. The van der Waals surface area contributed by atoms with Crippen molar-refractivity contribution < 1.29 is 14.0 Å². The Morgan fingerprint density at radius 2 is 2.23 bits per heavy atom. The lowest BCUT2D eigenvalue weighted by atomic mass is 9.97. The molecule has 0 bridgehead atoms. The van der Waals surface area contributed by atoms with Gasteiger partial charge in [-0.2, -0.15) is 0 Å². The predicted molar refractivity (Wildman–Crippen MR) is 97.6 cm³/mol. The quantitative estimate of drug-likeness (QED) is 0.807. The molecule has 1 atom stereocenters. The van der Waals surface area contributed by atoms with Gasteiger partial charge in [0, 0.05) is 12.7 Å². The maximum atomic E-state index is 12.4. The summed E-state index contributed by atoms with van der Waals surface area (Å²) in [5, 5.41) is 6.15. The van der Waals surface area contributed by atoms with Crippen LogP contribution in [0.5, 0.6) is 0 Å². The monoisotopic (exact) mass is 376 g/mol. The zero-order valence-corrected chi connectivity index (χ0v) is 15.0. The van der Waals surface area contributed by atoms with E-state index in [9.17, 15) is 9.59 Å². The third kappa shape index (κ3) is 5.31. The second-order valence-electron chi connectivity index (χ2n) is 6.28. The predicted octanol–water partition coefficient (Wildman–Crippen LogP) is 2.29. The third-order valence-electron chi connectivity index (χ3n) is 4.26. The number of hydrogen-bond acceptors (Lipinski definition) is 5. The summed E-state index contributed by atoms with van der Waals surface area (Å²) < 4.78 is 5.19. The number of carbonyl (C=O) groups is 2. The molecule has 1 aliphatic heterocycles. The molecule has 0 radical (unpaired) electrons. The minimum Gasteiger partial charge on any atom is -0.467 e. The van der Waals surface area contributed by atoms with Crippen LogP contribution in [0.25, 0.3) is 0 Å². The van der Waals surface area contributed by atoms with Gasteiger partial charge in [-0.05, 0) is 43.7 Å². The van der Waals surface area contributed by atoms with Gasteiger partial charge < -0.3 is 15.1 Å². The largest absolute Gasteiger partial charge is 0.467 e. The van der Waals surface area contributed by atoms with Gasteiger partial charge in [-0.3, -0.25) is 14.5 Å². The number of piperidine rings is 1. The van der Waals surface area contributed by atoms with Crippen molar-refractivity contribution in [2.75, 3.05) is 25.0 Å². The van der Waals surface area contributed by atoms with Gasteiger partial charge in [0.15, 0.2) is 0 Å². The maximum Gasteiger partial charge on any atom is 0.234 e. The number of rotatable bonds is 6. The Morgan fingerprint density at radius 1 is 1.35 bits per heavy atom. The summed E-state index contributed by atoms with van der Waals surface area (Å²) in [7, 11) is 0. The molecule has 8 heteroatoms. The van der Waals surface area contributed by atoms with Crippen molar-refractivity contribution >= 4 is 29.2 Å². The molecule has 1 saturated heterocycles. The van der Waals surface area contributed by atoms with Gasteiger partial charge in [0.05, 0.1) is 30.3 Å². The molecule has 3 heterocycles. The van der Waals surface area contributed by atoms with Crippen molar-refractivity contribution in [3.8, 4) is 0 Å². The molecule has 1 aliphatic rings. The number of nitrogens with one attached hydrogen (secondary N) is 2. The lowest BCUT2D eigenvalue weighted by Gasteiger charge is -2.31. The molecule has 2 amide bonds. The summed E-state index contributed by atoms with van der Waals surface area (Å²) in [4.78, 5) is 30.6. The maximum absolute atomic E-state index is 12.4. The van der Waals surface area contributed by atoms with Gasteiger partial charge in [0.2, 0.25) is 11.8 Å². The Bertz CT molecular complexity index is 733. The van der Waals surface area contributed by atoms with E-state index in [4.69, 9.17) is 16.0 Å². The van der Waals surface area contributed by atoms with Crippen LogP contribution in [-0.2, 0) is 16.1 Å². The Balaban J connectivity index is 1.46. The second-order valence-corrected chi connectivity index (χ2v) is 6.72. The van der Waals surface area contributed by atoms with E-state index in [0.29, 0.717) is 29.7 Å². The van der Waals surface area contributed by atoms with Gasteiger partial charge in [0.25, 0.3) is 0 Å². The van der Waals surface area contributed by atoms with E-state index in [1.54, 1.807) is 24.5 Å². The number of amides is 2. The number of pyridine rings is 1. The number of aromatic nitrogens is 1. The highest BCUT2D eigenvalue weighted by Gasteiger charge is 2.27. The molecule has 138 valence electrons. The molecule has 3 rings (SSSR count). The molecule has 0 aromatic carbocycles. The molecule has 7 nitrogen and oxygen atoms in total. The van der Waals surface area contributed by atoms with Crippen LogP contribution in [0.3, 0.4) is 0 Å². The number of carbonyl (C=O) groups excluding carboxylic acids is 2. The van der Waals surface area contributed by atoms with Crippen molar-refractivity contribution in [2.24, 2.45) is 5.92 Å². The van der Waals surface area contributed by atoms with E-state index in [1.165, 1.54) is 6.20 Å². The summed E-state index contributed by atoms with van der Waals surface area (Å²) in [6.07, 6.45) is 4.74. The van der Waals surface area contributed by atoms with Crippen molar-refractivity contribution in [3.63, 3.8) is 0 Å². The molecule has 0 aliphatic carbocycles. The van der Waals surface area contributed by atoms with Crippen LogP contribution in [0.4, 0.5) is 5.82 Å². The van der Waals surface area contributed by atoms with Crippen LogP contribution < -0.4 is 10.6 Å². The first-order chi connectivity index (χ1) is 12.6. The average Bonchev–Trinajstić information content (AvgIpc) is 3.16. The first-order valence-electron chi connectivity index (χ1n) is 8.54. The van der Waals surface area contributed by atoms with Crippen LogP contribution in [-0.4, -0.2) is 41.3 Å². The Hall–Kier alpha value is -2.38. The summed E-state index contributed by atoms with van der Waals surface area (Å²) >= 11 is 5.80. The summed E-state index contributed by atoms with van der Waals surface area (Å²) in [6, 6.07) is 6.95. The zero-order chi connectivity index (χ0) is 18.4. The highest BCUT2D eigenvalue weighted by atomic mass is 35.5. The van der Waals surface area contributed by atoms with Crippen LogP contribution in [0.1, 0.15) is 18.6 Å². The molecule has 2 N–H and O–H groups in total. The number of likely N-dealkylation sites (tertiary alicyclic amines) is 1. The molecule has 2 aromatic rings. The van der Waals surface area contributed by atoms with Gasteiger partial charge >= 0.3 is 0 Å². The molecular weight excluding hydrogens is 356 g/mol. The summed E-state index contributed by atoms with van der Waals surface area (Å²) in [6.45, 7) is 1.99. The molecule has 2 aromatic heterocycles. The minimum atomic E-state index is -0.167. The number of anilines is 1. The molecule has 1 unspecified atom stereocenters. The summed E-state index contributed by atoms with van der Waals surface area (Å²) in [5.74, 6) is 0.860. The zero-order valence-electron chi connectivity index (χ0n) is 14.3. The first-order valence-corrected chi connectivity index (χ1v) is 8.92. The number of furan rings is 1. The average molecular weight is 377 g/mol. The van der Waals surface area contributed by atoms with Crippen LogP contribution in [0, 0.1) is 5.92 Å². The number of hydrogen-bond donors (Lipinski definition) is 2. The Labute approximate surface area is 156 Å². The molecule has 1 fully saturated rings. The van der Waals surface area contributed by atoms with E-state index >= 15 is 0 Å². The van der Waals surface area contributed by atoms with Crippen molar-refractivity contribution in [2.45, 2.75) is 19.4 Å². The van der Waals surface area contributed by atoms with E-state index < -0.39 is 0 Å². The smallest absolute Gasteiger partial charge is 0.234 e. The normalized spacial score (nSPS) is 17.7. The minimum absolute atomic E-state index is 0.0816. The number of halogens is 1. The van der Waals surface area contributed by atoms with Crippen LogP contribution in [0.15, 0.2) is 41.1 Å². The Kier molecular flexibility index (Phi) is 6.25. The highest BCUT2D eigenvalue weighted by molar-refractivity contribution is 6.30. The van der Waals surface area contributed by atoms with Gasteiger partial charge in [-0.15, -0.1) is 0 Å². The summed E-state index contributed by atoms with van der Waals surface area (Å²) in [5.41, 5.74) is 0. The van der Waals surface area contributed by atoms with E-state index in [-0.39, 0.29) is 24.3 Å². The topological polar surface area (TPSA) is 87.5 Å². The standard InChI is InChI=1S/C18H21ClN4O3/c19-14-5-6-16(20-9-14)22-18(25)13-3-1-7-23(11-13)12-17(24)21-10-15-4-2-8-26-15/h2,4-6,8-9,13H,1,3,7,10-12H2,(H,21,24)(H,20,22,25). The Morgan fingerprint density at radius 3 is 2.96 bits per heavy atom. The van der Waals surface area contributed by atoms with E-state index in [2.05, 4.69) is 15.6 Å². The lowest BCUT2D eigenvalue weighted by molar-refractivity contribution is -0.126. The van der Waals surface area contributed by atoms with E-state index in [1.807, 2.05) is 11.0 Å². The molecular formula is C18H21ClN4O3. The van der Waals surface area contributed by atoms with Gasteiger partial charge in [-0.25, -0.2) is 4.98 Å². The molecule has 0 saturated carbocycles. The SMILES string of the molecule is O=C(CN1CCCC(C(=O)Nc2ccc(Cl)cn2)C1)NCc1ccco1. The molecule has 26 heavy (non-hydrogen) atoms. The molecule has 0 spiro atoms. The van der Waals surface area contributed by atoms with Gasteiger partial charge in [-0.1, -0.05) is 11.6 Å². The fourth-order valence-electron chi connectivity index (χ4n) is 2.95.